The highest BCUT2D eigenvalue weighted by molar-refractivity contribution is 7.98. The van der Waals surface area contributed by atoms with E-state index in [0.717, 1.165) is 25.8 Å². The SMILES string of the molecule is CCCC1NCC(=O)N1CCCCCSC. The minimum atomic E-state index is 0.281. The molecule has 0 bridgehead atoms. The van der Waals surface area contributed by atoms with E-state index in [1.165, 1.54) is 18.6 Å². The van der Waals surface area contributed by atoms with Crippen molar-refractivity contribution in [3.8, 4) is 0 Å². The number of amides is 1. The molecule has 1 heterocycles. The first kappa shape index (κ1) is 13.8. The van der Waals surface area contributed by atoms with Crippen LogP contribution in [-0.2, 0) is 4.79 Å². The number of hydrogen-bond acceptors (Lipinski definition) is 3. The lowest BCUT2D eigenvalue weighted by molar-refractivity contribution is -0.128. The van der Waals surface area contributed by atoms with Crippen LogP contribution < -0.4 is 5.32 Å². The predicted octanol–water partition coefficient (Wildman–Crippen LogP) is 2.08. The third-order valence-electron chi connectivity index (χ3n) is 3.00. The van der Waals surface area contributed by atoms with Gasteiger partial charge in [-0.15, -0.1) is 0 Å². The summed E-state index contributed by atoms with van der Waals surface area (Å²) in [5.41, 5.74) is 0. The summed E-state index contributed by atoms with van der Waals surface area (Å²) in [6, 6.07) is 0. The topological polar surface area (TPSA) is 32.3 Å². The molecule has 0 aromatic carbocycles. The van der Waals surface area contributed by atoms with Crippen molar-refractivity contribution in [3.05, 3.63) is 0 Å². The van der Waals surface area contributed by atoms with E-state index in [0.29, 0.717) is 12.7 Å². The summed E-state index contributed by atoms with van der Waals surface area (Å²) >= 11 is 1.90. The molecular formula is C12H24N2OS. The van der Waals surface area contributed by atoms with Gasteiger partial charge in [0.2, 0.25) is 5.91 Å². The van der Waals surface area contributed by atoms with Gasteiger partial charge in [0, 0.05) is 6.54 Å². The van der Waals surface area contributed by atoms with Crippen LogP contribution in [0.15, 0.2) is 0 Å². The molecular weight excluding hydrogens is 220 g/mol. The van der Waals surface area contributed by atoms with Crippen LogP contribution in [0.5, 0.6) is 0 Å². The molecule has 4 heteroatoms. The number of nitrogens with zero attached hydrogens (tertiary/aromatic N) is 1. The summed E-state index contributed by atoms with van der Waals surface area (Å²) in [4.78, 5) is 13.7. The zero-order chi connectivity index (χ0) is 11.8. The second-order valence-corrected chi connectivity index (χ2v) is 5.31. The summed E-state index contributed by atoms with van der Waals surface area (Å²) in [5, 5.41) is 3.28. The van der Waals surface area contributed by atoms with Crippen LogP contribution in [0.2, 0.25) is 0 Å². The summed E-state index contributed by atoms with van der Waals surface area (Å²) in [6.07, 6.45) is 8.32. The monoisotopic (exact) mass is 244 g/mol. The van der Waals surface area contributed by atoms with Gasteiger partial charge >= 0.3 is 0 Å². The fraction of sp³-hybridized carbons (Fsp3) is 0.917. The number of rotatable bonds is 8. The molecule has 16 heavy (non-hydrogen) atoms. The van der Waals surface area contributed by atoms with Gasteiger partial charge in [0.1, 0.15) is 0 Å². The fourth-order valence-electron chi connectivity index (χ4n) is 2.11. The Kier molecular flexibility index (Phi) is 6.88. The minimum Gasteiger partial charge on any atom is -0.326 e. The molecule has 1 amide bonds. The van der Waals surface area contributed by atoms with E-state index in [-0.39, 0.29) is 5.91 Å². The van der Waals surface area contributed by atoms with E-state index < -0.39 is 0 Å². The van der Waals surface area contributed by atoms with Crippen molar-refractivity contribution in [3.63, 3.8) is 0 Å². The first-order valence-electron chi connectivity index (χ1n) is 6.31. The second kappa shape index (κ2) is 7.96. The smallest absolute Gasteiger partial charge is 0.237 e. The number of nitrogens with one attached hydrogen (secondary N) is 1. The first-order chi connectivity index (χ1) is 7.79. The van der Waals surface area contributed by atoms with Crippen LogP contribution in [0, 0.1) is 0 Å². The van der Waals surface area contributed by atoms with Crippen LogP contribution >= 0.6 is 11.8 Å². The maximum Gasteiger partial charge on any atom is 0.237 e. The maximum absolute atomic E-state index is 11.6. The molecule has 0 spiro atoms. The molecule has 94 valence electrons. The fourth-order valence-corrected chi connectivity index (χ4v) is 2.60. The van der Waals surface area contributed by atoms with E-state index in [9.17, 15) is 4.79 Å². The average molecular weight is 244 g/mol. The van der Waals surface area contributed by atoms with Crippen molar-refractivity contribution in [1.82, 2.24) is 10.2 Å². The van der Waals surface area contributed by atoms with Crippen molar-refractivity contribution in [2.45, 2.75) is 45.2 Å². The Hall–Kier alpha value is -0.220. The number of unbranched alkanes of at least 4 members (excludes halogenated alkanes) is 2. The van der Waals surface area contributed by atoms with E-state index in [4.69, 9.17) is 0 Å². The number of hydrogen-bond donors (Lipinski definition) is 1. The summed E-state index contributed by atoms with van der Waals surface area (Å²) in [6.45, 7) is 3.64. The molecule has 1 unspecified atom stereocenters. The highest BCUT2D eigenvalue weighted by Gasteiger charge is 2.28. The van der Waals surface area contributed by atoms with Crippen LogP contribution in [-0.4, -0.2) is 42.1 Å². The van der Waals surface area contributed by atoms with Gasteiger partial charge in [-0.05, 0) is 31.3 Å². The molecule has 0 radical (unpaired) electrons. The number of carbonyl (C=O) groups is 1. The van der Waals surface area contributed by atoms with Crippen LogP contribution in [0.25, 0.3) is 0 Å². The van der Waals surface area contributed by atoms with Gasteiger partial charge in [0.05, 0.1) is 12.7 Å². The van der Waals surface area contributed by atoms with Crippen molar-refractivity contribution < 1.29 is 4.79 Å². The lowest BCUT2D eigenvalue weighted by Gasteiger charge is -2.23. The molecule has 3 nitrogen and oxygen atoms in total. The van der Waals surface area contributed by atoms with Gasteiger partial charge in [0.25, 0.3) is 0 Å². The largest absolute Gasteiger partial charge is 0.326 e. The Balaban J connectivity index is 2.19. The highest BCUT2D eigenvalue weighted by Crippen LogP contribution is 2.12. The van der Waals surface area contributed by atoms with Gasteiger partial charge in [-0.2, -0.15) is 11.8 Å². The van der Waals surface area contributed by atoms with Gasteiger partial charge in [-0.3, -0.25) is 10.1 Å². The lowest BCUT2D eigenvalue weighted by atomic mass is 10.2. The Morgan fingerprint density at radius 3 is 2.94 bits per heavy atom. The molecule has 1 rings (SSSR count). The summed E-state index contributed by atoms with van der Waals surface area (Å²) < 4.78 is 0. The zero-order valence-electron chi connectivity index (χ0n) is 10.5. The van der Waals surface area contributed by atoms with Gasteiger partial charge in [-0.1, -0.05) is 19.8 Å². The quantitative estimate of drug-likeness (QED) is 0.664. The Morgan fingerprint density at radius 2 is 2.25 bits per heavy atom. The highest BCUT2D eigenvalue weighted by atomic mass is 32.2. The zero-order valence-corrected chi connectivity index (χ0v) is 11.3. The molecule has 0 aromatic heterocycles. The van der Waals surface area contributed by atoms with E-state index in [2.05, 4.69) is 18.5 Å². The molecule has 0 saturated carbocycles. The Labute approximate surface area is 103 Å². The third-order valence-corrected chi connectivity index (χ3v) is 3.69. The van der Waals surface area contributed by atoms with Gasteiger partial charge in [0.15, 0.2) is 0 Å². The Bertz CT molecular complexity index is 211. The molecule has 1 atom stereocenters. The van der Waals surface area contributed by atoms with E-state index in [1.54, 1.807) is 0 Å². The molecule has 1 fully saturated rings. The Morgan fingerprint density at radius 1 is 1.44 bits per heavy atom. The molecule has 1 aliphatic rings. The van der Waals surface area contributed by atoms with Crippen molar-refractivity contribution in [1.29, 1.82) is 0 Å². The molecule has 1 aliphatic heterocycles. The second-order valence-electron chi connectivity index (χ2n) is 4.33. The van der Waals surface area contributed by atoms with Crippen molar-refractivity contribution >= 4 is 17.7 Å². The molecule has 0 aliphatic carbocycles. The normalized spacial score (nSPS) is 20.8. The minimum absolute atomic E-state index is 0.281. The third kappa shape index (κ3) is 4.34. The number of thioether (sulfide) groups is 1. The van der Waals surface area contributed by atoms with Crippen LogP contribution in [0.4, 0.5) is 0 Å². The summed E-state index contributed by atoms with van der Waals surface area (Å²) in [5.74, 6) is 1.52. The lowest BCUT2D eigenvalue weighted by Crippen LogP contribution is -2.37. The van der Waals surface area contributed by atoms with Crippen LogP contribution in [0.3, 0.4) is 0 Å². The van der Waals surface area contributed by atoms with Gasteiger partial charge in [-0.25, -0.2) is 0 Å². The van der Waals surface area contributed by atoms with E-state index in [1.807, 2.05) is 16.7 Å². The first-order valence-corrected chi connectivity index (χ1v) is 7.70. The van der Waals surface area contributed by atoms with Crippen LogP contribution in [0.1, 0.15) is 39.0 Å². The molecule has 1 N–H and O–H groups in total. The molecule has 1 saturated heterocycles. The van der Waals surface area contributed by atoms with E-state index >= 15 is 0 Å². The maximum atomic E-state index is 11.6. The molecule has 0 aromatic rings. The standard InChI is InChI=1S/C12H24N2OS/c1-3-7-11-13-10-12(15)14(11)8-5-4-6-9-16-2/h11,13H,3-10H2,1-2H3. The van der Waals surface area contributed by atoms with Crippen molar-refractivity contribution in [2.24, 2.45) is 0 Å². The van der Waals surface area contributed by atoms with Gasteiger partial charge < -0.3 is 4.90 Å². The number of carbonyl (C=O) groups excluding carboxylic acids is 1. The van der Waals surface area contributed by atoms with Crippen molar-refractivity contribution in [2.75, 3.05) is 25.1 Å². The average Bonchev–Trinajstić information content (AvgIpc) is 2.61. The predicted molar refractivity (Wildman–Crippen MR) is 70.6 cm³/mol. The summed E-state index contributed by atoms with van der Waals surface area (Å²) in [7, 11) is 0.